The summed E-state index contributed by atoms with van der Waals surface area (Å²) in [6, 6.07) is 4.39. The first-order valence-corrected chi connectivity index (χ1v) is 6.69. The van der Waals surface area contributed by atoms with Gasteiger partial charge in [-0.1, -0.05) is 12.1 Å². The van der Waals surface area contributed by atoms with Crippen LogP contribution >= 0.6 is 11.6 Å². The summed E-state index contributed by atoms with van der Waals surface area (Å²) in [6.45, 7) is 5.00. The molecule has 1 amide bonds. The van der Waals surface area contributed by atoms with Crippen molar-refractivity contribution in [3.8, 4) is 5.75 Å². The smallest absolute Gasteiger partial charge is 0.408 e. The summed E-state index contributed by atoms with van der Waals surface area (Å²) in [5, 5.41) is 19.6. The molecule has 0 aliphatic rings. The van der Waals surface area contributed by atoms with Crippen LogP contribution in [-0.2, 0) is 9.53 Å². The van der Waals surface area contributed by atoms with Gasteiger partial charge in [-0.2, -0.15) is 0 Å². The Balaban J connectivity index is 2.84. The number of aromatic hydroxyl groups is 1. The lowest BCUT2D eigenvalue weighted by molar-refractivity contribution is -0.139. The van der Waals surface area contributed by atoms with Gasteiger partial charge in [0.1, 0.15) is 17.4 Å². The van der Waals surface area contributed by atoms with Crippen molar-refractivity contribution in [1.29, 1.82) is 0 Å². The summed E-state index contributed by atoms with van der Waals surface area (Å²) in [6.07, 6.45) is -0.862. The lowest BCUT2D eigenvalue weighted by Gasteiger charge is -2.24. The average Bonchev–Trinajstić information content (AvgIpc) is 2.33. The third kappa shape index (κ3) is 5.51. The first-order valence-electron chi connectivity index (χ1n) is 6.25. The minimum absolute atomic E-state index is 0.0367. The summed E-state index contributed by atoms with van der Waals surface area (Å²) in [7, 11) is 0. The molecule has 0 radical (unpaired) electrons. The standard InChI is InChI=1S/C14H18ClNO5/c1-14(2,3)21-13(20)16-11(12(18)19)10(15)8-4-6-9(17)7-5-8/h4-7,10-11,17H,1-3H3,(H,16,20)(H,18,19)/t10?,11-/m0/s1. The number of carbonyl (C=O) groups is 2. The maximum Gasteiger partial charge on any atom is 0.408 e. The minimum atomic E-state index is -1.36. The molecule has 0 bridgehead atoms. The number of ether oxygens (including phenoxy) is 1. The molecule has 1 rings (SSSR count). The molecule has 0 saturated carbocycles. The predicted molar refractivity (Wildman–Crippen MR) is 77.5 cm³/mol. The van der Waals surface area contributed by atoms with Crippen molar-refractivity contribution in [2.24, 2.45) is 0 Å². The lowest BCUT2D eigenvalue weighted by Crippen LogP contribution is -2.45. The summed E-state index contributed by atoms with van der Waals surface area (Å²) in [5.41, 5.74) is -0.286. The number of hydrogen-bond acceptors (Lipinski definition) is 4. The summed E-state index contributed by atoms with van der Waals surface area (Å²) in [5.74, 6) is -1.25. The van der Waals surface area contributed by atoms with Gasteiger partial charge in [0.25, 0.3) is 0 Å². The summed E-state index contributed by atoms with van der Waals surface area (Å²) in [4.78, 5) is 22.9. The molecule has 0 heterocycles. The van der Waals surface area contributed by atoms with E-state index in [0.717, 1.165) is 0 Å². The van der Waals surface area contributed by atoms with Crippen LogP contribution in [0.5, 0.6) is 5.75 Å². The molecule has 0 aliphatic heterocycles. The van der Waals surface area contributed by atoms with Gasteiger partial charge in [0, 0.05) is 0 Å². The second-order valence-corrected chi connectivity index (χ2v) is 5.93. The molecule has 0 aromatic heterocycles. The van der Waals surface area contributed by atoms with Gasteiger partial charge in [0.2, 0.25) is 0 Å². The Morgan fingerprint density at radius 2 is 1.76 bits per heavy atom. The molecule has 116 valence electrons. The Kier molecular flexibility index (Phi) is 5.43. The van der Waals surface area contributed by atoms with Gasteiger partial charge in [0.15, 0.2) is 0 Å². The molecule has 1 aromatic rings. The highest BCUT2D eigenvalue weighted by molar-refractivity contribution is 6.22. The number of carbonyl (C=O) groups excluding carboxylic acids is 1. The number of halogens is 1. The van der Waals surface area contributed by atoms with Crippen LogP contribution < -0.4 is 5.32 Å². The molecule has 21 heavy (non-hydrogen) atoms. The van der Waals surface area contributed by atoms with Crippen LogP contribution in [0.1, 0.15) is 31.7 Å². The van der Waals surface area contributed by atoms with E-state index in [9.17, 15) is 19.8 Å². The van der Waals surface area contributed by atoms with Crippen LogP contribution in [0.25, 0.3) is 0 Å². The number of amides is 1. The van der Waals surface area contributed by atoms with E-state index < -0.39 is 29.1 Å². The van der Waals surface area contributed by atoms with Crippen LogP contribution in [-0.4, -0.2) is 33.9 Å². The fourth-order valence-corrected chi connectivity index (χ4v) is 1.86. The van der Waals surface area contributed by atoms with E-state index in [1.165, 1.54) is 24.3 Å². The Bertz CT molecular complexity index is 509. The SMILES string of the molecule is CC(C)(C)OC(=O)N[C@H](C(=O)O)C(Cl)c1ccc(O)cc1. The van der Waals surface area contributed by atoms with Crippen LogP contribution in [0.15, 0.2) is 24.3 Å². The predicted octanol–water partition coefficient (Wildman–Crippen LogP) is 2.65. The number of nitrogens with one attached hydrogen (secondary N) is 1. The number of hydrogen-bond donors (Lipinski definition) is 3. The maximum absolute atomic E-state index is 11.7. The molecule has 1 aromatic carbocycles. The van der Waals surface area contributed by atoms with Gasteiger partial charge in [-0.05, 0) is 38.5 Å². The van der Waals surface area contributed by atoms with E-state index in [1.54, 1.807) is 20.8 Å². The number of phenolic OH excluding ortho intramolecular Hbond substituents is 1. The van der Waals surface area contributed by atoms with Crippen molar-refractivity contribution in [2.45, 2.75) is 37.8 Å². The Labute approximate surface area is 127 Å². The Hall–Kier alpha value is -1.95. The van der Waals surface area contributed by atoms with Crippen molar-refractivity contribution in [1.82, 2.24) is 5.32 Å². The monoisotopic (exact) mass is 315 g/mol. The number of carboxylic acids is 1. The summed E-state index contributed by atoms with van der Waals surface area (Å²) < 4.78 is 5.01. The molecule has 0 saturated heterocycles. The quantitative estimate of drug-likeness (QED) is 0.742. The molecular formula is C14H18ClNO5. The van der Waals surface area contributed by atoms with E-state index in [1.807, 2.05) is 0 Å². The first-order chi connectivity index (χ1) is 9.60. The fourth-order valence-electron chi connectivity index (χ4n) is 1.55. The average molecular weight is 316 g/mol. The van der Waals surface area contributed by atoms with E-state index in [2.05, 4.69) is 5.32 Å². The number of rotatable bonds is 4. The highest BCUT2D eigenvalue weighted by Gasteiger charge is 2.31. The van der Waals surface area contributed by atoms with Gasteiger partial charge in [-0.15, -0.1) is 11.6 Å². The summed E-state index contributed by atoms with van der Waals surface area (Å²) >= 11 is 6.10. The molecule has 6 nitrogen and oxygen atoms in total. The van der Waals surface area contributed by atoms with Crippen LogP contribution in [0.2, 0.25) is 0 Å². The highest BCUT2D eigenvalue weighted by Crippen LogP contribution is 2.26. The van der Waals surface area contributed by atoms with Crippen molar-refractivity contribution in [3.05, 3.63) is 29.8 Å². The third-order valence-electron chi connectivity index (χ3n) is 2.44. The van der Waals surface area contributed by atoms with Crippen LogP contribution in [0, 0.1) is 0 Å². The molecular weight excluding hydrogens is 298 g/mol. The van der Waals surface area contributed by atoms with E-state index >= 15 is 0 Å². The van der Waals surface area contributed by atoms with E-state index in [-0.39, 0.29) is 5.75 Å². The maximum atomic E-state index is 11.7. The van der Waals surface area contributed by atoms with Crippen molar-refractivity contribution >= 4 is 23.7 Å². The topological polar surface area (TPSA) is 95.9 Å². The van der Waals surface area contributed by atoms with Gasteiger partial charge in [-0.3, -0.25) is 0 Å². The molecule has 0 spiro atoms. The molecule has 7 heteroatoms. The zero-order valence-electron chi connectivity index (χ0n) is 12.0. The molecule has 0 fully saturated rings. The lowest BCUT2D eigenvalue weighted by atomic mass is 10.1. The number of aliphatic carboxylic acids is 1. The second kappa shape index (κ2) is 6.67. The Morgan fingerprint density at radius 1 is 1.24 bits per heavy atom. The molecule has 2 atom stereocenters. The number of alkyl carbamates (subject to hydrolysis) is 1. The van der Waals surface area contributed by atoms with E-state index in [4.69, 9.17) is 16.3 Å². The first kappa shape index (κ1) is 17.1. The number of benzene rings is 1. The van der Waals surface area contributed by atoms with Gasteiger partial charge >= 0.3 is 12.1 Å². The molecule has 0 aliphatic carbocycles. The van der Waals surface area contributed by atoms with E-state index in [0.29, 0.717) is 5.56 Å². The molecule has 1 unspecified atom stereocenters. The highest BCUT2D eigenvalue weighted by atomic mass is 35.5. The van der Waals surface area contributed by atoms with Crippen molar-refractivity contribution in [2.75, 3.05) is 0 Å². The fraction of sp³-hybridized carbons (Fsp3) is 0.429. The molecule has 3 N–H and O–H groups in total. The van der Waals surface area contributed by atoms with Crippen LogP contribution in [0.3, 0.4) is 0 Å². The van der Waals surface area contributed by atoms with Crippen LogP contribution in [0.4, 0.5) is 4.79 Å². The zero-order valence-corrected chi connectivity index (χ0v) is 12.7. The van der Waals surface area contributed by atoms with Gasteiger partial charge < -0.3 is 20.3 Å². The largest absolute Gasteiger partial charge is 0.508 e. The van der Waals surface area contributed by atoms with Gasteiger partial charge in [0.05, 0.1) is 5.38 Å². The number of carboxylic acid groups (broad SMARTS) is 1. The third-order valence-corrected chi connectivity index (χ3v) is 2.95. The number of phenols is 1. The second-order valence-electron chi connectivity index (χ2n) is 5.46. The Morgan fingerprint density at radius 3 is 2.19 bits per heavy atom. The number of alkyl halides is 1. The minimum Gasteiger partial charge on any atom is -0.508 e. The van der Waals surface area contributed by atoms with Gasteiger partial charge in [-0.25, -0.2) is 9.59 Å². The normalized spacial score (nSPS) is 14.1. The zero-order chi connectivity index (χ0) is 16.2. The van der Waals surface area contributed by atoms with Crippen molar-refractivity contribution in [3.63, 3.8) is 0 Å². The van der Waals surface area contributed by atoms with Crippen molar-refractivity contribution < 1.29 is 24.5 Å².